The van der Waals surface area contributed by atoms with E-state index in [1.54, 1.807) is 13.1 Å². The van der Waals surface area contributed by atoms with Gasteiger partial charge in [0, 0.05) is 13.5 Å². The van der Waals surface area contributed by atoms with Gasteiger partial charge in [-0.1, -0.05) is 30.3 Å². The van der Waals surface area contributed by atoms with E-state index in [0.29, 0.717) is 12.4 Å². The molecular formula is C21H20F3NO3. The molecule has 148 valence electrons. The lowest BCUT2D eigenvalue weighted by molar-refractivity contribution is -0.137. The molecule has 0 amide bonds. The number of ketones is 1. The van der Waals surface area contributed by atoms with Gasteiger partial charge in [0.2, 0.25) is 5.78 Å². The molecule has 0 fully saturated rings. The number of alkyl halides is 3. The van der Waals surface area contributed by atoms with E-state index < -0.39 is 17.8 Å². The van der Waals surface area contributed by atoms with Gasteiger partial charge in [0.25, 0.3) is 0 Å². The Hall–Kier alpha value is -2.96. The predicted molar refractivity (Wildman–Crippen MR) is 98.6 cm³/mol. The van der Waals surface area contributed by atoms with Crippen LogP contribution in [0.4, 0.5) is 13.2 Å². The van der Waals surface area contributed by atoms with Gasteiger partial charge < -0.3 is 14.8 Å². The molecule has 1 unspecified atom stereocenters. The van der Waals surface area contributed by atoms with Crippen molar-refractivity contribution in [1.82, 2.24) is 5.32 Å². The van der Waals surface area contributed by atoms with Gasteiger partial charge in [0.15, 0.2) is 12.0 Å². The molecule has 0 spiro atoms. The summed E-state index contributed by atoms with van der Waals surface area (Å²) in [5.74, 6) is 0.457. The zero-order chi connectivity index (χ0) is 20.3. The highest BCUT2D eigenvalue weighted by Crippen LogP contribution is 2.35. The number of hydrogen-bond acceptors (Lipinski definition) is 4. The maximum absolute atomic E-state index is 13.1. The van der Waals surface area contributed by atoms with Crippen LogP contribution in [0.5, 0.6) is 5.75 Å². The van der Waals surface area contributed by atoms with Crippen LogP contribution < -0.4 is 10.1 Å². The minimum Gasteiger partial charge on any atom is -0.494 e. The van der Waals surface area contributed by atoms with Gasteiger partial charge >= 0.3 is 6.18 Å². The molecule has 2 aromatic carbocycles. The van der Waals surface area contributed by atoms with E-state index in [1.807, 2.05) is 25.1 Å². The Morgan fingerprint density at radius 2 is 1.89 bits per heavy atom. The lowest BCUT2D eigenvalue weighted by Gasteiger charge is -2.14. The average molecular weight is 391 g/mol. The number of Topliss-reactive ketones (excluding diaryl/α,β-unsaturated/α-hetero) is 1. The second kappa shape index (κ2) is 7.96. The van der Waals surface area contributed by atoms with Crippen LogP contribution in [-0.2, 0) is 22.1 Å². The van der Waals surface area contributed by atoms with Crippen LogP contribution in [0.2, 0.25) is 0 Å². The van der Waals surface area contributed by atoms with Crippen LogP contribution in [-0.4, -0.2) is 25.5 Å². The van der Waals surface area contributed by atoms with Crippen LogP contribution in [0.25, 0.3) is 5.57 Å². The van der Waals surface area contributed by atoms with Crippen LogP contribution >= 0.6 is 0 Å². The SMILES string of the molecule is CCOc1ccccc1CC1OC(NC)=C(c2cccc(C(F)(F)F)c2)C1=O. The summed E-state index contributed by atoms with van der Waals surface area (Å²) in [4.78, 5) is 13.0. The van der Waals surface area contributed by atoms with Crippen molar-refractivity contribution in [3.63, 3.8) is 0 Å². The van der Waals surface area contributed by atoms with E-state index >= 15 is 0 Å². The third-order valence-corrected chi connectivity index (χ3v) is 4.41. The standard InChI is InChI=1S/C21H20F3NO3/c1-3-27-16-10-5-4-7-13(16)12-17-19(26)18(20(25-2)28-17)14-8-6-9-15(11-14)21(22,23)24/h4-11,17,25H,3,12H2,1-2H3. The molecule has 0 saturated heterocycles. The van der Waals surface area contributed by atoms with Crippen molar-refractivity contribution in [2.24, 2.45) is 0 Å². The van der Waals surface area contributed by atoms with Gasteiger partial charge in [-0.05, 0) is 36.2 Å². The molecule has 0 aliphatic carbocycles. The molecule has 1 atom stereocenters. The third-order valence-electron chi connectivity index (χ3n) is 4.41. The minimum atomic E-state index is -4.49. The molecule has 1 heterocycles. The van der Waals surface area contributed by atoms with Crippen molar-refractivity contribution in [2.45, 2.75) is 25.6 Å². The second-order valence-electron chi connectivity index (χ2n) is 6.25. The quantitative estimate of drug-likeness (QED) is 0.802. The van der Waals surface area contributed by atoms with E-state index in [-0.39, 0.29) is 29.2 Å². The van der Waals surface area contributed by atoms with Crippen LogP contribution in [0.3, 0.4) is 0 Å². The molecule has 28 heavy (non-hydrogen) atoms. The van der Waals surface area contributed by atoms with E-state index in [0.717, 1.165) is 17.7 Å². The number of ether oxygens (including phenoxy) is 2. The van der Waals surface area contributed by atoms with Crippen LogP contribution in [0, 0.1) is 0 Å². The smallest absolute Gasteiger partial charge is 0.416 e. The molecule has 0 bridgehead atoms. The summed E-state index contributed by atoms with van der Waals surface area (Å²) in [6, 6.07) is 12.0. The third kappa shape index (κ3) is 3.98. The van der Waals surface area contributed by atoms with Gasteiger partial charge in [-0.3, -0.25) is 4.79 Å². The van der Waals surface area contributed by atoms with Gasteiger partial charge in [0.1, 0.15) is 5.75 Å². The Bertz CT molecular complexity index is 906. The monoisotopic (exact) mass is 391 g/mol. The Balaban J connectivity index is 1.90. The molecule has 1 aliphatic heterocycles. The summed E-state index contributed by atoms with van der Waals surface area (Å²) in [6.45, 7) is 2.34. The first-order valence-electron chi connectivity index (χ1n) is 8.86. The van der Waals surface area contributed by atoms with E-state index in [9.17, 15) is 18.0 Å². The van der Waals surface area contributed by atoms with Gasteiger partial charge in [-0.25, -0.2) is 0 Å². The maximum atomic E-state index is 13.1. The lowest BCUT2D eigenvalue weighted by atomic mass is 9.95. The molecular weight excluding hydrogens is 371 g/mol. The summed E-state index contributed by atoms with van der Waals surface area (Å²) in [5.41, 5.74) is 0.270. The average Bonchev–Trinajstić information content (AvgIpc) is 2.98. The number of rotatable bonds is 6. The summed E-state index contributed by atoms with van der Waals surface area (Å²) in [5, 5.41) is 2.78. The zero-order valence-corrected chi connectivity index (χ0v) is 15.5. The van der Waals surface area contributed by atoms with E-state index in [2.05, 4.69) is 5.32 Å². The fourth-order valence-electron chi connectivity index (χ4n) is 3.14. The first-order chi connectivity index (χ1) is 13.3. The maximum Gasteiger partial charge on any atom is 0.416 e. The molecule has 1 aliphatic rings. The molecule has 2 aromatic rings. The summed E-state index contributed by atoms with van der Waals surface area (Å²) < 4.78 is 50.5. The fraction of sp³-hybridized carbons (Fsp3) is 0.286. The molecule has 3 rings (SSSR count). The molecule has 7 heteroatoms. The van der Waals surface area contributed by atoms with E-state index in [1.165, 1.54) is 12.1 Å². The molecule has 0 aromatic heterocycles. The Morgan fingerprint density at radius 1 is 1.14 bits per heavy atom. The molecule has 0 saturated carbocycles. The zero-order valence-electron chi connectivity index (χ0n) is 15.5. The van der Waals surface area contributed by atoms with Gasteiger partial charge in [-0.2, -0.15) is 13.2 Å². The number of carbonyl (C=O) groups is 1. The summed E-state index contributed by atoms with van der Waals surface area (Å²) >= 11 is 0. The van der Waals surface area contributed by atoms with Crippen molar-refractivity contribution < 1.29 is 27.4 Å². The van der Waals surface area contributed by atoms with Crippen LogP contribution in [0.15, 0.2) is 54.4 Å². The van der Waals surface area contributed by atoms with Crippen molar-refractivity contribution in [2.75, 3.05) is 13.7 Å². The molecule has 0 radical (unpaired) electrons. The molecule has 1 N–H and O–H groups in total. The number of halogens is 3. The van der Waals surface area contributed by atoms with E-state index in [4.69, 9.17) is 9.47 Å². The number of para-hydroxylation sites is 1. The van der Waals surface area contributed by atoms with Gasteiger partial charge in [-0.15, -0.1) is 0 Å². The number of benzene rings is 2. The number of carbonyl (C=O) groups excluding carboxylic acids is 1. The van der Waals surface area contributed by atoms with Crippen molar-refractivity contribution in [3.05, 3.63) is 71.1 Å². The fourth-order valence-corrected chi connectivity index (χ4v) is 3.14. The molecule has 4 nitrogen and oxygen atoms in total. The van der Waals surface area contributed by atoms with Crippen LogP contribution in [0.1, 0.15) is 23.6 Å². The summed E-state index contributed by atoms with van der Waals surface area (Å²) in [6.07, 6.45) is -5.08. The van der Waals surface area contributed by atoms with Crippen molar-refractivity contribution in [3.8, 4) is 5.75 Å². The Kier molecular flexibility index (Phi) is 5.63. The van der Waals surface area contributed by atoms with Gasteiger partial charge in [0.05, 0.1) is 17.7 Å². The summed E-state index contributed by atoms with van der Waals surface area (Å²) in [7, 11) is 1.56. The highest BCUT2D eigenvalue weighted by molar-refractivity contribution is 6.25. The highest BCUT2D eigenvalue weighted by Gasteiger charge is 2.37. The number of hydrogen-bond donors (Lipinski definition) is 1. The predicted octanol–water partition coefficient (Wildman–Crippen LogP) is 4.20. The second-order valence-corrected chi connectivity index (χ2v) is 6.25. The number of nitrogens with one attached hydrogen (secondary N) is 1. The lowest BCUT2D eigenvalue weighted by Crippen LogP contribution is -2.22. The largest absolute Gasteiger partial charge is 0.494 e. The normalized spacial score (nSPS) is 16.9. The first-order valence-corrected chi connectivity index (χ1v) is 8.86. The highest BCUT2D eigenvalue weighted by atomic mass is 19.4. The first kappa shape index (κ1) is 19.8. The Morgan fingerprint density at radius 3 is 2.57 bits per heavy atom. The minimum absolute atomic E-state index is 0.118. The topological polar surface area (TPSA) is 47.6 Å². The Labute approximate surface area is 161 Å². The van der Waals surface area contributed by atoms with Crippen molar-refractivity contribution >= 4 is 11.4 Å². The van der Waals surface area contributed by atoms with Crippen molar-refractivity contribution in [1.29, 1.82) is 0 Å².